The summed E-state index contributed by atoms with van der Waals surface area (Å²) in [5.41, 5.74) is 9.06. The molecule has 1 saturated heterocycles. The van der Waals surface area contributed by atoms with E-state index in [1.807, 2.05) is 35.0 Å². The number of aliphatic hydroxyl groups is 1. The third-order valence-corrected chi connectivity index (χ3v) is 4.18. The average molecular weight is 345 g/mol. The fourth-order valence-electron chi connectivity index (χ4n) is 3.06. The Morgan fingerprint density at radius 2 is 2.12 bits per heavy atom. The van der Waals surface area contributed by atoms with E-state index in [2.05, 4.69) is 15.4 Å². The van der Waals surface area contributed by atoms with Gasteiger partial charge in [0.05, 0.1) is 25.5 Å². The number of rotatable bonds is 6. The molecule has 1 aromatic heterocycles. The van der Waals surface area contributed by atoms with Crippen LogP contribution in [0.4, 0.5) is 4.79 Å². The van der Waals surface area contributed by atoms with Gasteiger partial charge in [-0.25, -0.2) is 10.2 Å². The van der Waals surface area contributed by atoms with Gasteiger partial charge in [0.1, 0.15) is 0 Å². The van der Waals surface area contributed by atoms with Crippen LogP contribution in [0.15, 0.2) is 35.6 Å². The molecule has 1 aliphatic rings. The molecule has 1 aromatic carbocycles. The number of nitrogens with zero attached hydrogens (tertiary/aromatic N) is 3. The number of fused-ring (bicyclic) bond motifs is 1. The van der Waals surface area contributed by atoms with Crippen LogP contribution in [0, 0.1) is 0 Å². The summed E-state index contributed by atoms with van der Waals surface area (Å²) >= 11 is 0. The first kappa shape index (κ1) is 17.4. The second-order valence-corrected chi connectivity index (χ2v) is 6.06. The highest BCUT2D eigenvalue weighted by Gasteiger charge is 2.16. The molecule has 3 rings (SSSR count). The molecule has 8 heteroatoms. The maximum atomic E-state index is 10.7. The number of nitrogens with two attached hydrogens (primary N) is 1. The first-order valence-corrected chi connectivity index (χ1v) is 8.28. The van der Waals surface area contributed by atoms with E-state index < -0.39 is 12.1 Å². The Morgan fingerprint density at radius 1 is 1.36 bits per heavy atom. The summed E-state index contributed by atoms with van der Waals surface area (Å²) in [7, 11) is 0. The molecule has 0 aliphatic carbocycles. The smallest absolute Gasteiger partial charge is 0.332 e. The van der Waals surface area contributed by atoms with Crippen LogP contribution in [0.5, 0.6) is 0 Å². The molecule has 134 valence electrons. The van der Waals surface area contributed by atoms with Crippen molar-refractivity contribution in [2.45, 2.75) is 12.6 Å². The van der Waals surface area contributed by atoms with Crippen molar-refractivity contribution in [2.24, 2.45) is 10.8 Å². The lowest BCUT2D eigenvalue weighted by Gasteiger charge is -2.28. The van der Waals surface area contributed by atoms with Gasteiger partial charge in [-0.1, -0.05) is 18.2 Å². The lowest BCUT2D eigenvalue weighted by Crippen LogP contribution is -2.41. The summed E-state index contributed by atoms with van der Waals surface area (Å²) < 4.78 is 7.34. The van der Waals surface area contributed by atoms with E-state index in [0.29, 0.717) is 26.3 Å². The summed E-state index contributed by atoms with van der Waals surface area (Å²) in [6.45, 7) is 4.22. The van der Waals surface area contributed by atoms with Crippen LogP contribution in [0.25, 0.3) is 10.9 Å². The normalized spacial score (nSPS) is 17.2. The number of hydrazone groups is 1. The number of β-amino-alcohol motifs (C(OH)–C–C–N with tert-alkyl or cyclic N) is 1. The van der Waals surface area contributed by atoms with E-state index in [0.717, 1.165) is 29.6 Å². The number of carbonyl (C=O) groups is 1. The van der Waals surface area contributed by atoms with Crippen molar-refractivity contribution >= 4 is 23.1 Å². The van der Waals surface area contributed by atoms with Crippen LogP contribution in [0.2, 0.25) is 0 Å². The minimum atomic E-state index is -0.707. The van der Waals surface area contributed by atoms with Crippen LogP contribution in [-0.2, 0) is 11.3 Å². The number of hydrogen-bond donors (Lipinski definition) is 3. The minimum Gasteiger partial charge on any atom is -0.390 e. The van der Waals surface area contributed by atoms with Crippen LogP contribution in [0.1, 0.15) is 5.56 Å². The second kappa shape index (κ2) is 8.11. The van der Waals surface area contributed by atoms with E-state index in [-0.39, 0.29) is 0 Å². The molecule has 2 heterocycles. The highest BCUT2D eigenvalue weighted by atomic mass is 16.5. The van der Waals surface area contributed by atoms with E-state index in [9.17, 15) is 9.90 Å². The number of hydrogen-bond acceptors (Lipinski definition) is 5. The van der Waals surface area contributed by atoms with E-state index >= 15 is 0 Å². The number of ether oxygens (including phenoxy) is 1. The largest absolute Gasteiger partial charge is 0.390 e. The summed E-state index contributed by atoms with van der Waals surface area (Å²) in [5, 5.41) is 15.3. The Bertz CT molecular complexity index is 752. The van der Waals surface area contributed by atoms with Gasteiger partial charge in [-0.3, -0.25) is 4.90 Å². The highest BCUT2D eigenvalue weighted by molar-refractivity contribution is 5.99. The number of aliphatic hydroxyl groups excluding tert-OH is 1. The monoisotopic (exact) mass is 345 g/mol. The van der Waals surface area contributed by atoms with E-state index in [4.69, 9.17) is 10.5 Å². The zero-order valence-electron chi connectivity index (χ0n) is 14.0. The fourth-order valence-corrected chi connectivity index (χ4v) is 3.06. The first-order valence-electron chi connectivity index (χ1n) is 8.28. The van der Waals surface area contributed by atoms with Crippen molar-refractivity contribution in [2.75, 3.05) is 32.8 Å². The Hall–Kier alpha value is -2.42. The molecule has 0 bridgehead atoms. The van der Waals surface area contributed by atoms with Crippen molar-refractivity contribution in [3.63, 3.8) is 0 Å². The van der Waals surface area contributed by atoms with Gasteiger partial charge < -0.3 is 20.1 Å². The molecule has 0 unspecified atom stereocenters. The van der Waals surface area contributed by atoms with Crippen molar-refractivity contribution in [1.82, 2.24) is 14.9 Å². The standard InChI is InChI=1S/C17H23N5O3/c18-17(24)20-19-9-13-10-22(16-4-2-1-3-15(13)16)12-14(23)11-21-5-7-25-8-6-21/h1-4,9-10,14,23H,5-8,11-12H2,(H3,18,20,24)/t14-/m0/s1. The minimum absolute atomic E-state index is 0.481. The number of benzene rings is 1. The lowest BCUT2D eigenvalue weighted by atomic mass is 10.2. The molecule has 0 spiro atoms. The van der Waals surface area contributed by atoms with Gasteiger partial charge in [0.15, 0.2) is 0 Å². The summed E-state index contributed by atoms with van der Waals surface area (Å²) in [6.07, 6.45) is 2.99. The van der Waals surface area contributed by atoms with E-state index in [1.54, 1.807) is 6.21 Å². The van der Waals surface area contributed by atoms with Gasteiger partial charge in [0, 0.05) is 48.8 Å². The molecular formula is C17H23N5O3. The van der Waals surface area contributed by atoms with Crippen molar-refractivity contribution in [1.29, 1.82) is 0 Å². The number of carbonyl (C=O) groups excluding carboxylic acids is 1. The molecule has 2 amide bonds. The molecule has 1 fully saturated rings. The lowest BCUT2D eigenvalue weighted by molar-refractivity contribution is 0.0117. The Balaban J connectivity index is 1.74. The predicted octanol–water partition coefficient (Wildman–Crippen LogP) is 0.337. The number of para-hydroxylation sites is 1. The van der Waals surface area contributed by atoms with Gasteiger partial charge in [0.25, 0.3) is 0 Å². The van der Waals surface area contributed by atoms with Crippen molar-refractivity contribution < 1.29 is 14.6 Å². The molecule has 0 saturated carbocycles. The van der Waals surface area contributed by atoms with Crippen molar-refractivity contribution in [3.05, 3.63) is 36.0 Å². The number of nitrogens with one attached hydrogen (secondary N) is 1. The SMILES string of the molecule is NC(=O)NN=Cc1cn(C[C@@H](O)CN2CCOCC2)c2ccccc12. The third-order valence-electron chi connectivity index (χ3n) is 4.18. The third kappa shape index (κ3) is 4.56. The topological polar surface area (TPSA) is 105 Å². The number of morpholine rings is 1. The molecular weight excluding hydrogens is 322 g/mol. The zero-order chi connectivity index (χ0) is 17.6. The second-order valence-electron chi connectivity index (χ2n) is 6.06. The molecule has 4 N–H and O–H groups in total. The number of amides is 2. The fraction of sp³-hybridized carbons (Fsp3) is 0.412. The average Bonchev–Trinajstić information content (AvgIpc) is 2.93. The van der Waals surface area contributed by atoms with Crippen LogP contribution in [-0.4, -0.2) is 65.8 Å². The van der Waals surface area contributed by atoms with Gasteiger partial charge >= 0.3 is 6.03 Å². The Kier molecular flexibility index (Phi) is 5.64. The zero-order valence-corrected chi connectivity index (χ0v) is 14.0. The molecule has 8 nitrogen and oxygen atoms in total. The quantitative estimate of drug-likeness (QED) is 0.518. The first-order chi connectivity index (χ1) is 12.1. The van der Waals surface area contributed by atoms with Gasteiger partial charge in [-0.2, -0.15) is 5.10 Å². The molecule has 2 aromatic rings. The Morgan fingerprint density at radius 3 is 2.88 bits per heavy atom. The maximum Gasteiger partial charge on any atom is 0.332 e. The predicted molar refractivity (Wildman–Crippen MR) is 95.5 cm³/mol. The van der Waals surface area contributed by atoms with Gasteiger partial charge in [0.2, 0.25) is 0 Å². The van der Waals surface area contributed by atoms with E-state index in [1.165, 1.54) is 0 Å². The van der Waals surface area contributed by atoms with Crippen LogP contribution >= 0.6 is 0 Å². The molecule has 0 radical (unpaired) electrons. The highest BCUT2D eigenvalue weighted by Crippen LogP contribution is 2.20. The summed E-state index contributed by atoms with van der Waals surface area (Å²) in [4.78, 5) is 12.9. The number of primary amides is 1. The van der Waals surface area contributed by atoms with Gasteiger partial charge in [-0.05, 0) is 6.07 Å². The van der Waals surface area contributed by atoms with Gasteiger partial charge in [-0.15, -0.1) is 0 Å². The molecule has 1 aliphatic heterocycles. The number of urea groups is 1. The van der Waals surface area contributed by atoms with Crippen LogP contribution < -0.4 is 11.2 Å². The summed E-state index contributed by atoms with van der Waals surface area (Å²) in [6, 6.07) is 7.16. The molecule has 25 heavy (non-hydrogen) atoms. The summed E-state index contributed by atoms with van der Waals surface area (Å²) in [5.74, 6) is 0. The maximum absolute atomic E-state index is 10.7. The number of aromatic nitrogens is 1. The van der Waals surface area contributed by atoms with Crippen molar-refractivity contribution in [3.8, 4) is 0 Å². The van der Waals surface area contributed by atoms with Crippen LogP contribution in [0.3, 0.4) is 0 Å². The Labute approximate surface area is 145 Å². The molecule has 1 atom stereocenters.